The molecule has 0 fully saturated rings. The molecule has 0 saturated heterocycles. The van der Waals surface area contributed by atoms with Gasteiger partial charge in [0.15, 0.2) is 6.29 Å². The summed E-state index contributed by atoms with van der Waals surface area (Å²) < 4.78 is 12.3. The summed E-state index contributed by atoms with van der Waals surface area (Å²) in [5.41, 5.74) is 0. The average molecular weight is 368 g/mol. The molecule has 18 heavy (non-hydrogen) atoms. The van der Waals surface area contributed by atoms with Gasteiger partial charge in [-0.3, -0.25) is 0 Å². The van der Waals surface area contributed by atoms with E-state index in [1.54, 1.807) is 0 Å². The molecule has 0 bridgehead atoms. The first-order valence-corrected chi connectivity index (χ1v) is 8.81. The minimum atomic E-state index is 0.0172. The molecule has 0 amide bonds. The lowest BCUT2D eigenvalue weighted by molar-refractivity contribution is -0.140. The molecule has 0 N–H and O–H groups in total. The van der Waals surface area contributed by atoms with Gasteiger partial charge in [0.25, 0.3) is 0 Å². The first-order chi connectivity index (χ1) is 8.85. The van der Waals surface area contributed by atoms with Gasteiger partial charge in [-0.1, -0.05) is 47.6 Å². The monoisotopic (exact) mass is 368 g/mol. The van der Waals surface area contributed by atoms with Crippen molar-refractivity contribution in [3.05, 3.63) is 12.2 Å². The van der Waals surface area contributed by atoms with E-state index in [2.05, 4.69) is 34.7 Å². The van der Waals surface area contributed by atoms with Crippen molar-refractivity contribution in [2.75, 3.05) is 17.6 Å². The maximum absolute atomic E-state index is 5.52. The van der Waals surface area contributed by atoms with Crippen LogP contribution >= 0.6 is 22.6 Å². The second-order valence-corrected chi connectivity index (χ2v) is 5.36. The third kappa shape index (κ3) is 12.8. The fourth-order valence-corrected chi connectivity index (χ4v) is 2.17. The van der Waals surface area contributed by atoms with Gasteiger partial charge in [0.05, 0.1) is 0 Å². The summed E-state index contributed by atoms with van der Waals surface area (Å²) in [5, 5.41) is 0. The van der Waals surface area contributed by atoms with Gasteiger partial charge in [0, 0.05) is 17.6 Å². The van der Waals surface area contributed by atoms with Crippen LogP contribution in [0.4, 0.5) is 0 Å². The lowest BCUT2D eigenvalue weighted by Gasteiger charge is -2.16. The van der Waals surface area contributed by atoms with E-state index in [1.807, 2.05) is 13.8 Å². The Labute approximate surface area is 127 Å². The number of hydrogen-bond acceptors (Lipinski definition) is 2. The fraction of sp³-hybridized carbons (Fsp3) is 0.867. The molecule has 0 aromatic rings. The van der Waals surface area contributed by atoms with E-state index in [-0.39, 0.29) is 6.29 Å². The van der Waals surface area contributed by atoms with Crippen LogP contribution in [0.3, 0.4) is 0 Å². The van der Waals surface area contributed by atoms with Crippen LogP contribution in [0.1, 0.15) is 58.8 Å². The molecule has 0 aliphatic rings. The van der Waals surface area contributed by atoms with Crippen LogP contribution < -0.4 is 0 Å². The number of rotatable bonds is 13. The van der Waals surface area contributed by atoms with Gasteiger partial charge in [0.2, 0.25) is 0 Å². The van der Waals surface area contributed by atoms with E-state index in [0.717, 1.165) is 19.6 Å². The molecule has 0 rings (SSSR count). The second-order valence-electron chi connectivity index (χ2n) is 4.28. The third-order valence-corrected chi connectivity index (χ3v) is 3.33. The van der Waals surface area contributed by atoms with Crippen molar-refractivity contribution in [3.8, 4) is 0 Å². The minimum absolute atomic E-state index is 0.0172. The molecule has 0 aliphatic carbocycles. The number of halogens is 1. The molecular weight excluding hydrogens is 339 g/mol. The van der Waals surface area contributed by atoms with Crippen molar-refractivity contribution in [3.63, 3.8) is 0 Å². The zero-order chi connectivity index (χ0) is 13.5. The number of hydrogen-bond donors (Lipinski definition) is 0. The highest BCUT2D eigenvalue weighted by Crippen LogP contribution is 2.11. The summed E-state index contributed by atoms with van der Waals surface area (Å²) in [6.45, 7) is 5.53. The molecule has 0 saturated carbocycles. The third-order valence-electron chi connectivity index (χ3n) is 2.71. The van der Waals surface area contributed by atoms with E-state index in [9.17, 15) is 0 Å². The Hall–Kier alpha value is 0.390. The van der Waals surface area contributed by atoms with Gasteiger partial charge < -0.3 is 9.47 Å². The fourth-order valence-electron chi connectivity index (χ4n) is 1.81. The van der Waals surface area contributed by atoms with Crippen LogP contribution in [0.5, 0.6) is 0 Å². The molecule has 3 heteroatoms. The quantitative estimate of drug-likeness (QED) is 0.148. The Morgan fingerprint density at radius 3 is 2.11 bits per heavy atom. The molecule has 0 unspecified atom stereocenters. The maximum Gasteiger partial charge on any atom is 0.157 e. The van der Waals surface area contributed by atoms with Crippen LogP contribution in [-0.2, 0) is 9.47 Å². The molecule has 0 spiro atoms. The molecule has 0 aliphatic heterocycles. The second kappa shape index (κ2) is 15.4. The summed E-state index contributed by atoms with van der Waals surface area (Å²) in [5.74, 6) is 0. The first kappa shape index (κ1) is 18.4. The molecule has 0 atom stereocenters. The summed E-state index contributed by atoms with van der Waals surface area (Å²) in [7, 11) is 0. The van der Waals surface area contributed by atoms with Crippen molar-refractivity contribution >= 4 is 22.6 Å². The Balaban J connectivity index is 3.31. The van der Waals surface area contributed by atoms with Crippen molar-refractivity contribution in [1.82, 2.24) is 0 Å². The maximum atomic E-state index is 5.52. The van der Waals surface area contributed by atoms with E-state index in [0.29, 0.717) is 0 Å². The Kier molecular flexibility index (Phi) is 15.8. The lowest BCUT2D eigenvalue weighted by Crippen LogP contribution is -2.17. The summed E-state index contributed by atoms with van der Waals surface area (Å²) >= 11 is 2.41. The molecule has 0 heterocycles. The number of ether oxygens (including phenoxy) is 2. The molecule has 108 valence electrons. The van der Waals surface area contributed by atoms with Gasteiger partial charge in [0.1, 0.15) is 0 Å². The van der Waals surface area contributed by atoms with Crippen molar-refractivity contribution < 1.29 is 9.47 Å². The first-order valence-electron chi connectivity index (χ1n) is 7.29. The highest BCUT2D eigenvalue weighted by atomic mass is 127. The van der Waals surface area contributed by atoms with E-state index >= 15 is 0 Å². The van der Waals surface area contributed by atoms with Crippen LogP contribution in [0, 0.1) is 0 Å². The van der Waals surface area contributed by atoms with Gasteiger partial charge >= 0.3 is 0 Å². The Morgan fingerprint density at radius 2 is 1.50 bits per heavy atom. The van der Waals surface area contributed by atoms with Gasteiger partial charge in [-0.15, -0.1) is 0 Å². The summed E-state index contributed by atoms with van der Waals surface area (Å²) in [6, 6.07) is 0. The van der Waals surface area contributed by atoms with Crippen LogP contribution in [0.2, 0.25) is 0 Å². The normalized spacial score (nSPS) is 11.8. The molecule has 2 nitrogen and oxygen atoms in total. The predicted octanol–water partition coefficient (Wildman–Crippen LogP) is 5.11. The zero-order valence-corrected chi connectivity index (χ0v) is 14.2. The lowest BCUT2D eigenvalue weighted by atomic mass is 10.1. The zero-order valence-electron chi connectivity index (χ0n) is 12.0. The van der Waals surface area contributed by atoms with Gasteiger partial charge in [-0.25, -0.2) is 0 Å². The standard InChI is InChI=1S/C15H29IO2/c1-3-17-15(18-4-2)13-11-9-7-5-6-8-10-12-14-16/h8,10,15H,3-7,9,11-14H2,1-2H3/b10-8+. The summed E-state index contributed by atoms with van der Waals surface area (Å²) in [6.07, 6.45) is 13.2. The van der Waals surface area contributed by atoms with E-state index < -0.39 is 0 Å². The van der Waals surface area contributed by atoms with Gasteiger partial charge in [-0.05, 0) is 46.0 Å². The summed E-state index contributed by atoms with van der Waals surface area (Å²) in [4.78, 5) is 0. The molecule has 0 aromatic heterocycles. The van der Waals surface area contributed by atoms with Gasteiger partial charge in [-0.2, -0.15) is 0 Å². The average Bonchev–Trinajstić information content (AvgIpc) is 2.37. The Morgan fingerprint density at radius 1 is 0.889 bits per heavy atom. The topological polar surface area (TPSA) is 18.5 Å². The smallest absolute Gasteiger partial charge is 0.157 e. The van der Waals surface area contributed by atoms with E-state index in [4.69, 9.17) is 9.47 Å². The van der Waals surface area contributed by atoms with Crippen LogP contribution in [0.15, 0.2) is 12.2 Å². The highest BCUT2D eigenvalue weighted by molar-refractivity contribution is 14.1. The Bertz CT molecular complexity index is 177. The number of alkyl halides is 1. The molecular formula is C15H29IO2. The van der Waals surface area contributed by atoms with Crippen molar-refractivity contribution in [1.29, 1.82) is 0 Å². The largest absolute Gasteiger partial charge is 0.353 e. The van der Waals surface area contributed by atoms with Crippen molar-refractivity contribution in [2.45, 2.75) is 65.1 Å². The minimum Gasteiger partial charge on any atom is -0.353 e. The molecule has 0 radical (unpaired) electrons. The SMILES string of the molecule is CCOC(CCCCCC/C=C/CCI)OCC. The number of allylic oxidation sites excluding steroid dienone is 2. The van der Waals surface area contributed by atoms with Crippen LogP contribution in [0.25, 0.3) is 0 Å². The van der Waals surface area contributed by atoms with Crippen molar-refractivity contribution in [2.24, 2.45) is 0 Å². The predicted molar refractivity (Wildman–Crippen MR) is 87.4 cm³/mol. The van der Waals surface area contributed by atoms with E-state index in [1.165, 1.54) is 43.0 Å². The number of unbranched alkanes of at least 4 members (excludes halogenated alkanes) is 4. The highest BCUT2D eigenvalue weighted by Gasteiger charge is 2.06. The van der Waals surface area contributed by atoms with Crippen LogP contribution in [-0.4, -0.2) is 23.9 Å². The molecule has 0 aromatic carbocycles.